The zero-order valence-corrected chi connectivity index (χ0v) is 13.3. The molecule has 5 nitrogen and oxygen atoms in total. The lowest BCUT2D eigenvalue weighted by atomic mass is 10.2. The van der Waals surface area contributed by atoms with E-state index in [1.165, 1.54) is 0 Å². The van der Waals surface area contributed by atoms with E-state index in [1.807, 2.05) is 19.1 Å². The molecule has 0 amide bonds. The predicted molar refractivity (Wildman–Crippen MR) is 79.6 cm³/mol. The van der Waals surface area contributed by atoms with E-state index in [2.05, 4.69) is 21.2 Å². The lowest BCUT2D eigenvalue weighted by Crippen LogP contribution is -2.40. The highest BCUT2D eigenvalue weighted by molar-refractivity contribution is 9.10. The molecule has 0 radical (unpaired) electrons. The first-order valence-corrected chi connectivity index (χ1v) is 7.14. The van der Waals surface area contributed by atoms with Gasteiger partial charge in [0.1, 0.15) is 0 Å². The minimum absolute atomic E-state index is 0.200. The molecule has 0 saturated heterocycles. The highest BCUT2D eigenvalue weighted by Crippen LogP contribution is 2.24. The van der Waals surface area contributed by atoms with Crippen LogP contribution in [0.5, 0.6) is 0 Å². The standard InChI is InChI=1S/C14H18BrNO4/c1-4-19-13(17)12(14(18)20-5-2)16-11-7-6-9(3)8-10(11)15/h6-8,12,16H,4-5H2,1-3H3. The molecule has 0 atom stereocenters. The molecule has 0 aliphatic carbocycles. The van der Waals surface area contributed by atoms with Crippen LogP contribution >= 0.6 is 15.9 Å². The van der Waals surface area contributed by atoms with Gasteiger partial charge in [-0.3, -0.25) is 0 Å². The van der Waals surface area contributed by atoms with Crippen molar-refractivity contribution in [2.75, 3.05) is 18.5 Å². The molecule has 6 heteroatoms. The molecule has 0 aromatic heterocycles. The molecule has 0 aliphatic heterocycles. The average Bonchev–Trinajstić information content (AvgIpc) is 2.38. The Morgan fingerprint density at radius 3 is 2.20 bits per heavy atom. The SMILES string of the molecule is CCOC(=O)C(Nc1ccc(C)cc1Br)C(=O)OCC. The first-order valence-electron chi connectivity index (χ1n) is 6.35. The van der Waals surface area contributed by atoms with Crippen molar-refractivity contribution in [3.05, 3.63) is 28.2 Å². The van der Waals surface area contributed by atoms with Gasteiger partial charge >= 0.3 is 11.9 Å². The topological polar surface area (TPSA) is 64.6 Å². The molecule has 0 heterocycles. The quantitative estimate of drug-likeness (QED) is 0.635. The molecule has 0 aliphatic rings. The number of carbonyl (C=O) groups excluding carboxylic acids is 2. The molecule has 110 valence electrons. The molecular weight excluding hydrogens is 326 g/mol. The predicted octanol–water partition coefficient (Wildman–Crippen LogP) is 2.66. The molecule has 0 saturated carbocycles. The summed E-state index contributed by atoms with van der Waals surface area (Å²) in [5.41, 5.74) is 1.69. The van der Waals surface area contributed by atoms with Crippen LogP contribution in [-0.2, 0) is 19.1 Å². The molecule has 1 aromatic carbocycles. The highest BCUT2D eigenvalue weighted by atomic mass is 79.9. The Kier molecular flexibility index (Phi) is 6.51. The Hall–Kier alpha value is -1.56. The third-order valence-corrected chi connectivity index (χ3v) is 3.13. The molecule has 1 aromatic rings. The third-order valence-electron chi connectivity index (χ3n) is 2.47. The first kappa shape index (κ1) is 16.5. The smallest absolute Gasteiger partial charge is 0.340 e. The van der Waals surface area contributed by atoms with Crippen molar-refractivity contribution < 1.29 is 19.1 Å². The van der Waals surface area contributed by atoms with Gasteiger partial charge in [0, 0.05) is 10.2 Å². The van der Waals surface area contributed by atoms with Crippen molar-refractivity contribution >= 4 is 33.6 Å². The minimum atomic E-state index is -1.17. The van der Waals surface area contributed by atoms with Gasteiger partial charge in [0.2, 0.25) is 6.04 Å². The fourth-order valence-corrected chi connectivity index (χ4v) is 2.17. The van der Waals surface area contributed by atoms with Gasteiger partial charge in [0.05, 0.1) is 13.2 Å². The number of halogens is 1. The number of rotatable bonds is 6. The summed E-state index contributed by atoms with van der Waals surface area (Å²) >= 11 is 3.39. The maximum absolute atomic E-state index is 11.8. The van der Waals surface area contributed by atoms with E-state index in [0.29, 0.717) is 5.69 Å². The van der Waals surface area contributed by atoms with Gasteiger partial charge in [0.25, 0.3) is 0 Å². The maximum Gasteiger partial charge on any atom is 0.340 e. The number of aryl methyl sites for hydroxylation is 1. The van der Waals surface area contributed by atoms with E-state index in [4.69, 9.17) is 9.47 Å². The van der Waals surface area contributed by atoms with E-state index in [0.717, 1.165) is 10.0 Å². The van der Waals surface area contributed by atoms with Crippen LogP contribution in [0.15, 0.2) is 22.7 Å². The van der Waals surface area contributed by atoms with Crippen molar-refractivity contribution in [3.63, 3.8) is 0 Å². The highest BCUT2D eigenvalue weighted by Gasteiger charge is 2.29. The van der Waals surface area contributed by atoms with Crippen LogP contribution in [0.25, 0.3) is 0 Å². The van der Waals surface area contributed by atoms with E-state index in [-0.39, 0.29) is 13.2 Å². The summed E-state index contributed by atoms with van der Waals surface area (Å²) in [6.45, 7) is 5.71. The lowest BCUT2D eigenvalue weighted by molar-refractivity contribution is -0.155. The van der Waals surface area contributed by atoms with Crippen LogP contribution < -0.4 is 5.32 Å². The second-order valence-electron chi connectivity index (χ2n) is 4.06. The number of anilines is 1. The minimum Gasteiger partial charge on any atom is -0.464 e. The molecule has 0 spiro atoms. The van der Waals surface area contributed by atoms with Crippen molar-refractivity contribution in [1.82, 2.24) is 0 Å². The van der Waals surface area contributed by atoms with Gasteiger partial charge in [-0.25, -0.2) is 9.59 Å². The van der Waals surface area contributed by atoms with Gasteiger partial charge in [-0.15, -0.1) is 0 Å². The summed E-state index contributed by atoms with van der Waals surface area (Å²) in [4.78, 5) is 23.7. The zero-order chi connectivity index (χ0) is 15.1. The Bertz CT molecular complexity index is 472. The summed E-state index contributed by atoms with van der Waals surface area (Å²) in [5.74, 6) is -1.31. The zero-order valence-electron chi connectivity index (χ0n) is 11.7. The van der Waals surface area contributed by atoms with Gasteiger partial charge < -0.3 is 14.8 Å². The number of hydrogen-bond acceptors (Lipinski definition) is 5. The number of benzene rings is 1. The van der Waals surface area contributed by atoms with E-state index >= 15 is 0 Å². The number of hydrogen-bond donors (Lipinski definition) is 1. The van der Waals surface area contributed by atoms with Gasteiger partial charge in [-0.05, 0) is 54.4 Å². The van der Waals surface area contributed by atoms with Crippen LogP contribution in [0, 0.1) is 6.92 Å². The van der Waals surface area contributed by atoms with Crippen molar-refractivity contribution in [3.8, 4) is 0 Å². The number of carbonyl (C=O) groups is 2. The molecule has 0 unspecified atom stereocenters. The maximum atomic E-state index is 11.8. The number of ether oxygens (including phenoxy) is 2. The summed E-state index contributed by atoms with van der Waals surface area (Å²) < 4.78 is 10.5. The fourth-order valence-electron chi connectivity index (χ4n) is 1.56. The number of esters is 2. The van der Waals surface area contributed by atoms with Gasteiger partial charge in [-0.2, -0.15) is 0 Å². The Balaban J connectivity index is 2.93. The van der Waals surface area contributed by atoms with E-state index in [9.17, 15) is 9.59 Å². The molecular formula is C14H18BrNO4. The van der Waals surface area contributed by atoms with Crippen LogP contribution in [0.2, 0.25) is 0 Å². The van der Waals surface area contributed by atoms with Crippen LogP contribution in [-0.4, -0.2) is 31.2 Å². The lowest BCUT2D eigenvalue weighted by Gasteiger charge is -2.18. The summed E-state index contributed by atoms with van der Waals surface area (Å²) in [6.07, 6.45) is 0. The fraction of sp³-hybridized carbons (Fsp3) is 0.429. The van der Waals surface area contributed by atoms with Crippen LogP contribution in [0.1, 0.15) is 19.4 Å². The molecule has 1 rings (SSSR count). The third kappa shape index (κ3) is 4.52. The van der Waals surface area contributed by atoms with Gasteiger partial charge in [0.15, 0.2) is 0 Å². The van der Waals surface area contributed by atoms with Crippen LogP contribution in [0.3, 0.4) is 0 Å². The first-order chi connectivity index (χ1) is 9.49. The average molecular weight is 344 g/mol. The van der Waals surface area contributed by atoms with Crippen molar-refractivity contribution in [2.45, 2.75) is 26.8 Å². The molecule has 0 fully saturated rings. The Morgan fingerprint density at radius 2 is 1.75 bits per heavy atom. The summed E-state index contributed by atoms with van der Waals surface area (Å²) in [7, 11) is 0. The van der Waals surface area contributed by atoms with Crippen molar-refractivity contribution in [1.29, 1.82) is 0 Å². The number of nitrogens with one attached hydrogen (secondary N) is 1. The Labute approximate surface area is 126 Å². The normalized spacial score (nSPS) is 10.2. The van der Waals surface area contributed by atoms with Crippen molar-refractivity contribution in [2.24, 2.45) is 0 Å². The largest absolute Gasteiger partial charge is 0.464 e. The second-order valence-corrected chi connectivity index (χ2v) is 4.92. The molecule has 1 N–H and O–H groups in total. The van der Waals surface area contributed by atoms with E-state index < -0.39 is 18.0 Å². The van der Waals surface area contributed by atoms with Crippen LogP contribution in [0.4, 0.5) is 5.69 Å². The molecule has 0 bridgehead atoms. The monoisotopic (exact) mass is 343 g/mol. The Morgan fingerprint density at radius 1 is 1.20 bits per heavy atom. The van der Waals surface area contributed by atoms with Gasteiger partial charge in [-0.1, -0.05) is 6.07 Å². The van der Waals surface area contributed by atoms with E-state index in [1.54, 1.807) is 19.9 Å². The second kappa shape index (κ2) is 7.89. The summed E-state index contributed by atoms with van der Waals surface area (Å²) in [5, 5.41) is 2.85. The molecule has 20 heavy (non-hydrogen) atoms. The summed E-state index contributed by atoms with van der Waals surface area (Å²) in [6, 6.07) is 4.37.